The second-order valence-electron chi connectivity index (χ2n) is 5.75. The van der Waals surface area contributed by atoms with Gasteiger partial charge in [-0.15, -0.1) is 0 Å². The van der Waals surface area contributed by atoms with Gasteiger partial charge >= 0.3 is 0 Å². The maximum absolute atomic E-state index is 13.0. The lowest BCUT2D eigenvalue weighted by molar-refractivity contribution is -0.120. The third-order valence-electron chi connectivity index (χ3n) is 3.63. The summed E-state index contributed by atoms with van der Waals surface area (Å²) in [5.74, 6) is 0.212. The number of nitrogens with two attached hydrogens (primary N) is 1. The number of halogens is 1. The topological polar surface area (TPSA) is 64.3 Å². The predicted molar refractivity (Wildman–Crippen MR) is 89.0 cm³/mol. The van der Waals surface area contributed by atoms with Gasteiger partial charge in [-0.2, -0.15) is 0 Å². The van der Waals surface area contributed by atoms with Gasteiger partial charge in [0.15, 0.2) is 0 Å². The zero-order valence-corrected chi connectivity index (χ0v) is 13.3. The van der Waals surface area contributed by atoms with Gasteiger partial charge in [-0.05, 0) is 55.8 Å². The summed E-state index contributed by atoms with van der Waals surface area (Å²) in [4.78, 5) is 12.5. The number of ether oxygens (including phenoxy) is 1. The molecule has 122 valence electrons. The van der Waals surface area contributed by atoms with Gasteiger partial charge in [0.25, 0.3) is 0 Å². The van der Waals surface area contributed by atoms with Crippen molar-refractivity contribution >= 4 is 11.6 Å². The van der Waals surface area contributed by atoms with Gasteiger partial charge in [0, 0.05) is 12.2 Å². The molecule has 2 aromatic rings. The van der Waals surface area contributed by atoms with E-state index in [1.54, 1.807) is 50.2 Å². The number of amides is 1. The molecule has 0 spiro atoms. The van der Waals surface area contributed by atoms with Crippen molar-refractivity contribution in [2.75, 3.05) is 18.5 Å². The van der Waals surface area contributed by atoms with Crippen LogP contribution >= 0.6 is 0 Å². The zero-order valence-electron chi connectivity index (χ0n) is 13.3. The van der Waals surface area contributed by atoms with Gasteiger partial charge in [-0.1, -0.05) is 12.1 Å². The molecular weight excluding hydrogens is 295 g/mol. The molecule has 1 amide bonds. The SMILES string of the molecule is CC(C)(C(=O)Nc1ccc(OCCN)cc1)c1ccc(F)cc1. The molecule has 23 heavy (non-hydrogen) atoms. The number of carbonyl (C=O) groups excluding carboxylic acids is 1. The largest absolute Gasteiger partial charge is 0.492 e. The molecular formula is C18H21FN2O2. The summed E-state index contributed by atoms with van der Waals surface area (Å²) >= 11 is 0. The van der Waals surface area contributed by atoms with Crippen LogP contribution in [0.4, 0.5) is 10.1 Å². The van der Waals surface area contributed by atoms with Crippen LogP contribution in [-0.2, 0) is 10.2 Å². The van der Waals surface area contributed by atoms with E-state index in [0.29, 0.717) is 24.6 Å². The Balaban J connectivity index is 2.06. The first-order chi connectivity index (χ1) is 10.9. The van der Waals surface area contributed by atoms with Crippen LogP contribution in [0.25, 0.3) is 0 Å². The highest BCUT2D eigenvalue weighted by atomic mass is 19.1. The van der Waals surface area contributed by atoms with E-state index < -0.39 is 5.41 Å². The molecule has 0 saturated carbocycles. The van der Waals surface area contributed by atoms with E-state index in [1.165, 1.54) is 12.1 Å². The molecule has 3 N–H and O–H groups in total. The average Bonchev–Trinajstić information content (AvgIpc) is 2.54. The third kappa shape index (κ3) is 4.29. The molecule has 0 saturated heterocycles. The second kappa shape index (κ2) is 7.24. The Kier molecular flexibility index (Phi) is 5.34. The Bertz CT molecular complexity index is 652. The molecule has 0 aliphatic carbocycles. The number of rotatable bonds is 6. The smallest absolute Gasteiger partial charge is 0.234 e. The minimum Gasteiger partial charge on any atom is -0.492 e. The first kappa shape index (κ1) is 17.0. The van der Waals surface area contributed by atoms with Crippen LogP contribution in [0.2, 0.25) is 0 Å². The van der Waals surface area contributed by atoms with Gasteiger partial charge in [0.05, 0.1) is 5.41 Å². The Hall–Kier alpha value is -2.40. The van der Waals surface area contributed by atoms with Gasteiger partial charge in [0.2, 0.25) is 5.91 Å². The van der Waals surface area contributed by atoms with Gasteiger partial charge < -0.3 is 15.8 Å². The number of benzene rings is 2. The minimum absolute atomic E-state index is 0.167. The van der Waals surface area contributed by atoms with Crippen LogP contribution in [0.5, 0.6) is 5.75 Å². The third-order valence-corrected chi connectivity index (χ3v) is 3.63. The summed E-state index contributed by atoms with van der Waals surface area (Å²) in [5, 5.41) is 2.87. The van der Waals surface area contributed by atoms with E-state index in [0.717, 1.165) is 5.56 Å². The van der Waals surface area contributed by atoms with E-state index in [4.69, 9.17) is 10.5 Å². The normalized spacial score (nSPS) is 11.1. The monoisotopic (exact) mass is 316 g/mol. The summed E-state index contributed by atoms with van der Waals surface area (Å²) in [5.41, 5.74) is 6.02. The lowest BCUT2D eigenvalue weighted by atomic mass is 9.83. The van der Waals surface area contributed by atoms with Crippen molar-refractivity contribution in [1.82, 2.24) is 0 Å². The number of nitrogens with one attached hydrogen (secondary N) is 1. The molecule has 4 nitrogen and oxygen atoms in total. The maximum atomic E-state index is 13.0. The molecule has 0 aromatic heterocycles. The van der Waals surface area contributed by atoms with E-state index in [2.05, 4.69) is 5.32 Å². The number of carbonyl (C=O) groups is 1. The number of hydrogen-bond donors (Lipinski definition) is 2. The van der Waals surface area contributed by atoms with Crippen molar-refractivity contribution in [3.8, 4) is 5.75 Å². The van der Waals surface area contributed by atoms with Crippen molar-refractivity contribution < 1.29 is 13.9 Å². The fraction of sp³-hybridized carbons (Fsp3) is 0.278. The molecule has 0 radical (unpaired) electrons. The van der Waals surface area contributed by atoms with Crippen molar-refractivity contribution in [2.45, 2.75) is 19.3 Å². The highest BCUT2D eigenvalue weighted by Crippen LogP contribution is 2.26. The van der Waals surface area contributed by atoms with Gasteiger partial charge in [-0.3, -0.25) is 4.79 Å². The van der Waals surface area contributed by atoms with Crippen LogP contribution < -0.4 is 15.8 Å². The van der Waals surface area contributed by atoms with Crippen LogP contribution in [0.1, 0.15) is 19.4 Å². The van der Waals surface area contributed by atoms with Gasteiger partial charge in [-0.25, -0.2) is 4.39 Å². The van der Waals surface area contributed by atoms with Crippen LogP contribution in [-0.4, -0.2) is 19.1 Å². The van der Waals surface area contributed by atoms with E-state index in [1.807, 2.05) is 0 Å². The Morgan fingerprint density at radius 1 is 1.13 bits per heavy atom. The standard InChI is InChI=1S/C18H21FN2O2/c1-18(2,13-3-5-14(19)6-4-13)17(22)21-15-7-9-16(10-8-15)23-12-11-20/h3-10H,11-12,20H2,1-2H3,(H,21,22). The van der Waals surface area contributed by atoms with E-state index in [-0.39, 0.29) is 11.7 Å². The molecule has 0 aliphatic rings. The number of hydrogen-bond acceptors (Lipinski definition) is 3. The maximum Gasteiger partial charge on any atom is 0.234 e. The van der Waals surface area contributed by atoms with Crippen LogP contribution in [0.3, 0.4) is 0 Å². The molecule has 2 rings (SSSR count). The molecule has 0 bridgehead atoms. The van der Waals surface area contributed by atoms with Gasteiger partial charge in [0.1, 0.15) is 18.2 Å². The van der Waals surface area contributed by atoms with E-state index in [9.17, 15) is 9.18 Å². The van der Waals surface area contributed by atoms with Crippen LogP contribution in [0, 0.1) is 5.82 Å². The highest BCUT2D eigenvalue weighted by molar-refractivity contribution is 5.98. The molecule has 0 aliphatic heterocycles. The predicted octanol–water partition coefficient (Wildman–Crippen LogP) is 3.08. The summed E-state index contributed by atoms with van der Waals surface area (Å²) < 4.78 is 18.4. The Labute approximate surface area is 135 Å². The molecule has 0 atom stereocenters. The second-order valence-corrected chi connectivity index (χ2v) is 5.75. The Morgan fingerprint density at radius 2 is 1.74 bits per heavy atom. The molecule has 0 heterocycles. The summed E-state index contributed by atoms with van der Waals surface area (Å²) in [6.07, 6.45) is 0. The lowest BCUT2D eigenvalue weighted by Gasteiger charge is -2.24. The highest BCUT2D eigenvalue weighted by Gasteiger charge is 2.29. The fourth-order valence-corrected chi connectivity index (χ4v) is 2.10. The van der Waals surface area contributed by atoms with Crippen molar-refractivity contribution in [1.29, 1.82) is 0 Å². The fourth-order valence-electron chi connectivity index (χ4n) is 2.10. The first-order valence-electron chi connectivity index (χ1n) is 7.44. The first-order valence-corrected chi connectivity index (χ1v) is 7.44. The van der Waals surface area contributed by atoms with Crippen molar-refractivity contribution in [3.63, 3.8) is 0 Å². The molecule has 2 aromatic carbocycles. The molecule has 5 heteroatoms. The van der Waals surface area contributed by atoms with Crippen molar-refractivity contribution in [3.05, 3.63) is 59.9 Å². The van der Waals surface area contributed by atoms with Crippen LogP contribution in [0.15, 0.2) is 48.5 Å². The molecule has 0 fully saturated rings. The Morgan fingerprint density at radius 3 is 2.30 bits per heavy atom. The summed E-state index contributed by atoms with van der Waals surface area (Å²) in [7, 11) is 0. The summed E-state index contributed by atoms with van der Waals surface area (Å²) in [6.45, 7) is 4.50. The zero-order chi connectivity index (χ0) is 16.9. The quantitative estimate of drug-likeness (QED) is 0.861. The number of anilines is 1. The van der Waals surface area contributed by atoms with Crippen molar-refractivity contribution in [2.24, 2.45) is 5.73 Å². The van der Waals surface area contributed by atoms with E-state index >= 15 is 0 Å². The minimum atomic E-state index is -0.775. The lowest BCUT2D eigenvalue weighted by Crippen LogP contribution is -2.34. The summed E-state index contributed by atoms with van der Waals surface area (Å²) in [6, 6.07) is 13.0. The molecule has 0 unspecified atom stereocenters. The average molecular weight is 316 g/mol.